The zero-order chi connectivity index (χ0) is 16.4. The second kappa shape index (κ2) is 6.04. The molecular formula is C17H18N2O3S. The Hall–Kier alpha value is -2.34. The van der Waals surface area contributed by atoms with Crippen molar-refractivity contribution in [2.75, 3.05) is 21.9 Å². The van der Waals surface area contributed by atoms with Crippen LogP contribution >= 0.6 is 0 Å². The minimum absolute atomic E-state index is 0.188. The molecule has 1 aliphatic heterocycles. The summed E-state index contributed by atoms with van der Waals surface area (Å²) in [4.78, 5) is 12.2. The minimum atomic E-state index is -3.18. The first-order valence-corrected chi connectivity index (χ1v) is 9.05. The number of amides is 1. The van der Waals surface area contributed by atoms with E-state index in [4.69, 9.17) is 0 Å². The molecule has 0 atom stereocenters. The Balaban J connectivity index is 1.73. The van der Waals surface area contributed by atoms with Crippen LogP contribution in [0.25, 0.3) is 0 Å². The fourth-order valence-electron chi connectivity index (χ4n) is 2.55. The Bertz CT molecular complexity index is 812. The fourth-order valence-corrected chi connectivity index (χ4v) is 4.11. The van der Waals surface area contributed by atoms with Crippen molar-refractivity contribution in [1.29, 1.82) is 0 Å². The van der Waals surface area contributed by atoms with E-state index in [2.05, 4.69) is 5.32 Å². The van der Waals surface area contributed by atoms with E-state index in [0.29, 0.717) is 29.9 Å². The predicted molar refractivity (Wildman–Crippen MR) is 91.3 cm³/mol. The third-order valence-corrected chi connectivity index (χ3v) is 5.70. The Labute approximate surface area is 136 Å². The van der Waals surface area contributed by atoms with E-state index in [1.54, 1.807) is 36.4 Å². The molecule has 0 spiro atoms. The van der Waals surface area contributed by atoms with Gasteiger partial charge in [0.2, 0.25) is 10.0 Å². The molecule has 23 heavy (non-hydrogen) atoms. The molecule has 0 saturated carbocycles. The van der Waals surface area contributed by atoms with Gasteiger partial charge in [0.05, 0.1) is 11.4 Å². The van der Waals surface area contributed by atoms with E-state index in [-0.39, 0.29) is 11.7 Å². The van der Waals surface area contributed by atoms with Gasteiger partial charge in [0.25, 0.3) is 5.91 Å². The molecular weight excluding hydrogens is 312 g/mol. The highest BCUT2D eigenvalue weighted by Gasteiger charge is 2.28. The quantitative estimate of drug-likeness (QED) is 0.941. The number of benzene rings is 2. The number of sulfonamides is 1. The van der Waals surface area contributed by atoms with E-state index in [0.717, 1.165) is 5.56 Å². The first-order valence-electron chi connectivity index (χ1n) is 7.44. The predicted octanol–water partition coefficient (Wildman–Crippen LogP) is 2.79. The molecule has 3 rings (SSSR count). The van der Waals surface area contributed by atoms with Crippen LogP contribution < -0.4 is 9.62 Å². The highest BCUT2D eigenvalue weighted by Crippen LogP contribution is 2.25. The maximum absolute atomic E-state index is 12.2. The van der Waals surface area contributed by atoms with E-state index >= 15 is 0 Å². The van der Waals surface area contributed by atoms with Gasteiger partial charge in [-0.15, -0.1) is 0 Å². The van der Waals surface area contributed by atoms with Gasteiger partial charge in [0, 0.05) is 17.8 Å². The molecule has 2 aromatic carbocycles. The van der Waals surface area contributed by atoms with Crippen molar-refractivity contribution in [3.8, 4) is 0 Å². The molecule has 1 fully saturated rings. The van der Waals surface area contributed by atoms with Crippen molar-refractivity contribution in [1.82, 2.24) is 0 Å². The summed E-state index contributed by atoms with van der Waals surface area (Å²) in [6.45, 7) is 2.48. The molecule has 5 nitrogen and oxygen atoms in total. The van der Waals surface area contributed by atoms with Crippen LogP contribution in [0.2, 0.25) is 0 Å². The van der Waals surface area contributed by atoms with Gasteiger partial charge in [-0.2, -0.15) is 0 Å². The van der Waals surface area contributed by atoms with Crippen molar-refractivity contribution in [3.63, 3.8) is 0 Å². The van der Waals surface area contributed by atoms with Gasteiger partial charge in [-0.25, -0.2) is 8.42 Å². The number of aryl methyl sites for hydroxylation is 1. The fraction of sp³-hybridized carbons (Fsp3) is 0.235. The molecule has 0 aromatic heterocycles. The van der Waals surface area contributed by atoms with Crippen LogP contribution in [0, 0.1) is 6.92 Å². The van der Waals surface area contributed by atoms with Crippen molar-refractivity contribution in [2.24, 2.45) is 0 Å². The smallest absolute Gasteiger partial charge is 0.255 e. The summed E-state index contributed by atoms with van der Waals surface area (Å²) in [7, 11) is -3.18. The van der Waals surface area contributed by atoms with Crippen molar-refractivity contribution >= 4 is 27.3 Å². The standard InChI is InChI=1S/C17H18N2O3S/c1-13-3-5-14(6-4-13)17(20)18-15-7-9-16(10-8-15)19-11-2-12-23(19,21)22/h3-10H,2,11-12H2,1H3,(H,18,20). The van der Waals surface area contributed by atoms with E-state index < -0.39 is 10.0 Å². The second-order valence-electron chi connectivity index (χ2n) is 5.61. The van der Waals surface area contributed by atoms with Crippen LogP contribution in [-0.2, 0) is 10.0 Å². The number of rotatable bonds is 3. The number of hydrogen-bond donors (Lipinski definition) is 1. The van der Waals surface area contributed by atoms with Crippen LogP contribution in [0.5, 0.6) is 0 Å². The zero-order valence-corrected chi connectivity index (χ0v) is 13.6. The first-order chi connectivity index (χ1) is 11.0. The van der Waals surface area contributed by atoms with Crippen molar-refractivity contribution in [3.05, 3.63) is 59.7 Å². The molecule has 1 aliphatic rings. The SMILES string of the molecule is Cc1ccc(C(=O)Nc2ccc(N3CCCS3(=O)=O)cc2)cc1. The third kappa shape index (κ3) is 3.37. The molecule has 1 amide bonds. The molecule has 1 saturated heterocycles. The molecule has 120 valence electrons. The molecule has 0 radical (unpaired) electrons. The van der Waals surface area contributed by atoms with Crippen LogP contribution in [0.15, 0.2) is 48.5 Å². The number of carbonyl (C=O) groups excluding carboxylic acids is 1. The highest BCUT2D eigenvalue weighted by molar-refractivity contribution is 7.93. The lowest BCUT2D eigenvalue weighted by molar-refractivity contribution is 0.102. The number of carbonyl (C=O) groups is 1. The number of nitrogens with one attached hydrogen (secondary N) is 1. The third-order valence-electron chi connectivity index (χ3n) is 3.83. The van der Waals surface area contributed by atoms with Crippen molar-refractivity contribution in [2.45, 2.75) is 13.3 Å². The molecule has 6 heteroatoms. The average Bonchev–Trinajstić information content (AvgIpc) is 2.88. The highest BCUT2D eigenvalue weighted by atomic mass is 32.2. The second-order valence-corrected chi connectivity index (χ2v) is 7.62. The Morgan fingerprint density at radius 1 is 1.04 bits per heavy atom. The topological polar surface area (TPSA) is 66.5 Å². The Kier molecular flexibility index (Phi) is 4.09. The van der Waals surface area contributed by atoms with Gasteiger partial charge in [-0.1, -0.05) is 17.7 Å². The molecule has 0 aliphatic carbocycles. The van der Waals surface area contributed by atoms with Crippen molar-refractivity contribution < 1.29 is 13.2 Å². The number of hydrogen-bond acceptors (Lipinski definition) is 3. The van der Waals surface area contributed by atoms with E-state index in [1.807, 2.05) is 19.1 Å². The van der Waals surface area contributed by atoms with E-state index in [1.165, 1.54) is 4.31 Å². The summed E-state index contributed by atoms with van der Waals surface area (Å²) in [5.74, 6) is 0.00498. The van der Waals surface area contributed by atoms with Gasteiger partial charge in [-0.05, 0) is 49.7 Å². The van der Waals surface area contributed by atoms with E-state index in [9.17, 15) is 13.2 Å². The van der Waals surface area contributed by atoms with Crippen LogP contribution in [0.4, 0.5) is 11.4 Å². The van der Waals surface area contributed by atoms with Crippen LogP contribution in [0.3, 0.4) is 0 Å². The van der Waals surface area contributed by atoms with Gasteiger partial charge >= 0.3 is 0 Å². The Morgan fingerprint density at radius 3 is 2.26 bits per heavy atom. The Morgan fingerprint density at radius 2 is 1.70 bits per heavy atom. The largest absolute Gasteiger partial charge is 0.322 e. The molecule has 1 N–H and O–H groups in total. The molecule has 0 unspecified atom stereocenters. The minimum Gasteiger partial charge on any atom is -0.322 e. The molecule has 1 heterocycles. The lowest BCUT2D eigenvalue weighted by atomic mass is 10.1. The summed E-state index contributed by atoms with van der Waals surface area (Å²) in [5, 5.41) is 2.81. The maximum Gasteiger partial charge on any atom is 0.255 e. The summed E-state index contributed by atoms with van der Waals surface area (Å²) in [6.07, 6.45) is 0.647. The van der Waals surface area contributed by atoms with Gasteiger partial charge < -0.3 is 5.32 Å². The van der Waals surface area contributed by atoms with Crippen LogP contribution in [0.1, 0.15) is 22.3 Å². The summed E-state index contributed by atoms with van der Waals surface area (Å²) < 4.78 is 25.2. The summed E-state index contributed by atoms with van der Waals surface area (Å²) in [6, 6.07) is 14.2. The van der Waals surface area contributed by atoms with Gasteiger partial charge in [0.1, 0.15) is 0 Å². The lowest BCUT2D eigenvalue weighted by Gasteiger charge is -2.17. The summed E-state index contributed by atoms with van der Waals surface area (Å²) in [5.41, 5.74) is 2.95. The molecule has 0 bridgehead atoms. The number of nitrogens with zero attached hydrogens (tertiary/aromatic N) is 1. The maximum atomic E-state index is 12.2. The van der Waals surface area contributed by atoms with Gasteiger partial charge in [-0.3, -0.25) is 9.10 Å². The normalized spacial score (nSPS) is 16.3. The summed E-state index contributed by atoms with van der Waals surface area (Å²) >= 11 is 0. The number of anilines is 2. The monoisotopic (exact) mass is 330 g/mol. The van der Waals surface area contributed by atoms with Crippen LogP contribution in [-0.4, -0.2) is 26.6 Å². The zero-order valence-electron chi connectivity index (χ0n) is 12.8. The lowest BCUT2D eigenvalue weighted by Crippen LogP contribution is -2.24. The average molecular weight is 330 g/mol. The molecule has 2 aromatic rings. The van der Waals surface area contributed by atoms with Gasteiger partial charge in [0.15, 0.2) is 0 Å². The first kappa shape index (κ1) is 15.6.